The molecule has 0 aromatic carbocycles. The predicted molar refractivity (Wildman–Crippen MR) is 55.9 cm³/mol. The SMILES string of the molecule is C=C1OC2(CCCO2)C2C3C=CC(C3)C12. The molecular formula is C13H16O2. The number of rotatable bonds is 0. The molecule has 1 spiro atoms. The van der Waals surface area contributed by atoms with Gasteiger partial charge in [-0.1, -0.05) is 18.7 Å². The van der Waals surface area contributed by atoms with Gasteiger partial charge in [0.05, 0.1) is 12.4 Å². The Kier molecular flexibility index (Phi) is 1.39. The second-order valence-corrected chi connectivity index (χ2v) is 5.33. The van der Waals surface area contributed by atoms with Gasteiger partial charge in [0.25, 0.3) is 0 Å². The Morgan fingerprint density at radius 2 is 2.20 bits per heavy atom. The maximum atomic E-state index is 6.00. The molecule has 2 heteroatoms. The zero-order chi connectivity index (χ0) is 10.0. The fraction of sp³-hybridized carbons (Fsp3) is 0.692. The highest BCUT2D eigenvalue weighted by atomic mass is 16.7. The molecule has 4 rings (SSSR count). The van der Waals surface area contributed by atoms with Crippen LogP contribution in [0.5, 0.6) is 0 Å². The number of allylic oxidation sites excluding steroid dienone is 3. The van der Waals surface area contributed by atoms with Gasteiger partial charge in [-0.15, -0.1) is 0 Å². The summed E-state index contributed by atoms with van der Waals surface area (Å²) in [6.45, 7) is 4.96. The topological polar surface area (TPSA) is 18.5 Å². The summed E-state index contributed by atoms with van der Waals surface area (Å²) < 4.78 is 11.9. The molecule has 3 fully saturated rings. The molecule has 2 heterocycles. The number of fused-ring (bicyclic) bond motifs is 6. The zero-order valence-electron chi connectivity index (χ0n) is 8.82. The lowest BCUT2D eigenvalue weighted by atomic mass is 9.78. The molecular weight excluding hydrogens is 188 g/mol. The van der Waals surface area contributed by atoms with Crippen molar-refractivity contribution >= 4 is 0 Å². The highest BCUT2D eigenvalue weighted by Gasteiger charge is 2.63. The monoisotopic (exact) mass is 204 g/mol. The second kappa shape index (κ2) is 2.49. The van der Waals surface area contributed by atoms with Gasteiger partial charge in [-0.2, -0.15) is 0 Å². The number of hydrogen-bond acceptors (Lipinski definition) is 2. The standard InChI is InChI=1S/C13H16O2/c1-8-11-9-3-4-10(7-9)12(11)13(15-8)5-2-6-14-13/h3-4,9-12H,1-2,5-7H2. The molecule has 0 amide bonds. The third kappa shape index (κ3) is 0.855. The Morgan fingerprint density at radius 3 is 3.00 bits per heavy atom. The Bertz CT molecular complexity index is 352. The number of hydrogen-bond donors (Lipinski definition) is 0. The molecule has 2 aliphatic carbocycles. The molecule has 2 bridgehead atoms. The third-order valence-corrected chi connectivity index (χ3v) is 4.66. The lowest BCUT2D eigenvalue weighted by molar-refractivity contribution is -0.193. The van der Waals surface area contributed by atoms with Gasteiger partial charge in [-0.3, -0.25) is 0 Å². The van der Waals surface area contributed by atoms with Gasteiger partial charge in [-0.05, 0) is 24.7 Å². The van der Waals surface area contributed by atoms with Crippen LogP contribution in [-0.4, -0.2) is 12.4 Å². The van der Waals surface area contributed by atoms with Gasteiger partial charge in [-0.25, -0.2) is 0 Å². The highest BCUT2D eigenvalue weighted by Crippen LogP contribution is 2.62. The summed E-state index contributed by atoms with van der Waals surface area (Å²) in [7, 11) is 0. The van der Waals surface area contributed by atoms with Crippen LogP contribution in [0.1, 0.15) is 19.3 Å². The molecule has 0 aromatic rings. The van der Waals surface area contributed by atoms with E-state index in [9.17, 15) is 0 Å². The van der Waals surface area contributed by atoms with Crippen LogP contribution in [0.4, 0.5) is 0 Å². The van der Waals surface area contributed by atoms with Crippen LogP contribution in [0.15, 0.2) is 24.5 Å². The highest BCUT2D eigenvalue weighted by molar-refractivity contribution is 5.25. The maximum absolute atomic E-state index is 6.00. The normalized spacial score (nSPS) is 55.3. The van der Waals surface area contributed by atoms with Crippen LogP contribution < -0.4 is 0 Å². The van der Waals surface area contributed by atoms with E-state index in [1.54, 1.807) is 0 Å². The molecule has 0 N–H and O–H groups in total. The molecule has 2 aliphatic heterocycles. The Labute approximate surface area is 89.9 Å². The van der Waals surface area contributed by atoms with Gasteiger partial charge < -0.3 is 9.47 Å². The van der Waals surface area contributed by atoms with E-state index < -0.39 is 0 Å². The maximum Gasteiger partial charge on any atom is 0.214 e. The molecule has 1 saturated carbocycles. The van der Waals surface area contributed by atoms with Crippen LogP contribution >= 0.6 is 0 Å². The van der Waals surface area contributed by atoms with Crippen LogP contribution in [0.2, 0.25) is 0 Å². The van der Waals surface area contributed by atoms with Gasteiger partial charge in [0.15, 0.2) is 0 Å². The minimum atomic E-state index is -0.286. The van der Waals surface area contributed by atoms with E-state index in [1.165, 1.54) is 6.42 Å². The summed E-state index contributed by atoms with van der Waals surface area (Å²) in [5.74, 6) is 3.15. The first kappa shape index (κ1) is 8.40. The largest absolute Gasteiger partial charge is 0.467 e. The summed E-state index contributed by atoms with van der Waals surface area (Å²) in [5, 5.41) is 0. The third-order valence-electron chi connectivity index (χ3n) is 4.66. The van der Waals surface area contributed by atoms with Crippen molar-refractivity contribution in [3.05, 3.63) is 24.5 Å². The van der Waals surface area contributed by atoms with E-state index in [2.05, 4.69) is 18.7 Å². The van der Waals surface area contributed by atoms with Crippen LogP contribution in [0, 0.1) is 23.7 Å². The Morgan fingerprint density at radius 1 is 1.33 bits per heavy atom. The molecule has 15 heavy (non-hydrogen) atoms. The summed E-state index contributed by atoms with van der Waals surface area (Å²) in [6.07, 6.45) is 8.22. The molecule has 4 aliphatic rings. The van der Waals surface area contributed by atoms with E-state index in [-0.39, 0.29) is 5.79 Å². The lowest BCUT2D eigenvalue weighted by Gasteiger charge is -2.31. The first-order valence-corrected chi connectivity index (χ1v) is 6.00. The molecule has 2 nitrogen and oxygen atoms in total. The van der Waals surface area contributed by atoms with Crippen molar-refractivity contribution in [2.75, 3.05) is 6.61 Å². The van der Waals surface area contributed by atoms with Gasteiger partial charge in [0, 0.05) is 18.3 Å². The number of ether oxygens (including phenoxy) is 2. The van der Waals surface area contributed by atoms with Gasteiger partial charge in [0.2, 0.25) is 5.79 Å². The zero-order valence-corrected chi connectivity index (χ0v) is 8.82. The van der Waals surface area contributed by atoms with Crippen molar-refractivity contribution in [2.24, 2.45) is 23.7 Å². The van der Waals surface area contributed by atoms with E-state index in [4.69, 9.17) is 9.47 Å². The minimum absolute atomic E-state index is 0.286. The lowest BCUT2D eigenvalue weighted by Crippen LogP contribution is -2.38. The predicted octanol–water partition coefficient (Wildman–Crippen LogP) is 2.48. The van der Waals surface area contributed by atoms with E-state index in [0.29, 0.717) is 23.7 Å². The van der Waals surface area contributed by atoms with Crippen LogP contribution in [0.3, 0.4) is 0 Å². The van der Waals surface area contributed by atoms with E-state index in [1.807, 2.05) is 0 Å². The summed E-state index contributed by atoms with van der Waals surface area (Å²) >= 11 is 0. The molecule has 5 unspecified atom stereocenters. The van der Waals surface area contributed by atoms with Gasteiger partial charge >= 0.3 is 0 Å². The van der Waals surface area contributed by atoms with E-state index in [0.717, 1.165) is 25.2 Å². The molecule has 80 valence electrons. The molecule has 2 saturated heterocycles. The first-order valence-electron chi connectivity index (χ1n) is 6.00. The van der Waals surface area contributed by atoms with Crippen molar-refractivity contribution in [1.29, 1.82) is 0 Å². The van der Waals surface area contributed by atoms with Crippen molar-refractivity contribution in [3.8, 4) is 0 Å². The first-order chi connectivity index (χ1) is 7.30. The smallest absolute Gasteiger partial charge is 0.214 e. The van der Waals surface area contributed by atoms with Gasteiger partial charge in [0.1, 0.15) is 0 Å². The van der Waals surface area contributed by atoms with Crippen molar-refractivity contribution in [2.45, 2.75) is 25.0 Å². The molecule has 0 radical (unpaired) electrons. The Hall–Kier alpha value is -0.760. The minimum Gasteiger partial charge on any atom is -0.467 e. The van der Waals surface area contributed by atoms with Crippen molar-refractivity contribution < 1.29 is 9.47 Å². The van der Waals surface area contributed by atoms with Crippen LogP contribution in [-0.2, 0) is 9.47 Å². The average Bonchev–Trinajstić information content (AvgIpc) is 2.93. The van der Waals surface area contributed by atoms with Crippen LogP contribution in [0.25, 0.3) is 0 Å². The summed E-state index contributed by atoms with van der Waals surface area (Å²) in [6, 6.07) is 0. The fourth-order valence-corrected chi connectivity index (χ4v) is 4.20. The Balaban J connectivity index is 1.80. The fourth-order valence-electron chi connectivity index (χ4n) is 4.20. The molecule has 5 atom stereocenters. The van der Waals surface area contributed by atoms with Crippen molar-refractivity contribution in [1.82, 2.24) is 0 Å². The molecule has 0 aromatic heterocycles. The van der Waals surface area contributed by atoms with Crippen molar-refractivity contribution in [3.63, 3.8) is 0 Å². The quantitative estimate of drug-likeness (QED) is 0.564. The van der Waals surface area contributed by atoms with E-state index >= 15 is 0 Å². The second-order valence-electron chi connectivity index (χ2n) is 5.33. The summed E-state index contributed by atoms with van der Waals surface area (Å²) in [4.78, 5) is 0. The average molecular weight is 204 g/mol. The summed E-state index contributed by atoms with van der Waals surface area (Å²) in [5.41, 5.74) is 0.